The lowest BCUT2D eigenvalue weighted by Gasteiger charge is -2.30. The van der Waals surface area contributed by atoms with Crippen LogP contribution in [0.5, 0.6) is 0 Å². The highest BCUT2D eigenvalue weighted by atomic mass is 35.5. The second kappa shape index (κ2) is 6.32. The van der Waals surface area contributed by atoms with Crippen LogP contribution in [-0.2, 0) is 24.8 Å². The van der Waals surface area contributed by atoms with E-state index in [4.69, 9.17) is 16.3 Å². The number of ether oxygens (including phenoxy) is 1. The molecular weight excluding hydrogens is 368 g/mol. The van der Waals surface area contributed by atoms with Gasteiger partial charge < -0.3 is 4.74 Å². The number of nitrogens with zero attached hydrogens (tertiary/aromatic N) is 2. The summed E-state index contributed by atoms with van der Waals surface area (Å²) in [5, 5.41) is 0.412. The first-order valence-electron chi connectivity index (χ1n) is 8.40. The molecule has 0 bridgehead atoms. The third-order valence-corrected chi connectivity index (χ3v) is 4.99. The predicted molar refractivity (Wildman–Crippen MR) is 99.4 cm³/mol. The minimum Gasteiger partial charge on any atom is -0.427 e. The van der Waals surface area contributed by atoms with Crippen LogP contribution in [0.4, 0.5) is 5.69 Å². The smallest absolute Gasteiger partial charge is 0.354 e. The fourth-order valence-corrected chi connectivity index (χ4v) is 3.69. The van der Waals surface area contributed by atoms with Crippen molar-refractivity contribution in [2.24, 2.45) is 10.9 Å². The Balaban J connectivity index is 1.80. The topological polar surface area (TPSA) is 76.0 Å². The molecule has 0 radical (unpaired) electrons. The van der Waals surface area contributed by atoms with E-state index in [1.807, 2.05) is 6.07 Å². The van der Waals surface area contributed by atoms with Crippen molar-refractivity contribution in [3.05, 3.63) is 65.2 Å². The van der Waals surface area contributed by atoms with Gasteiger partial charge in [0, 0.05) is 17.0 Å². The van der Waals surface area contributed by atoms with Crippen molar-refractivity contribution in [1.82, 2.24) is 0 Å². The average Bonchev–Trinajstić information content (AvgIpc) is 3.12. The van der Waals surface area contributed by atoms with Gasteiger partial charge >= 0.3 is 5.97 Å². The molecule has 0 aliphatic carbocycles. The fourth-order valence-electron chi connectivity index (χ4n) is 3.51. The Hall–Kier alpha value is -2.99. The highest BCUT2D eigenvalue weighted by Crippen LogP contribution is 2.45. The van der Waals surface area contributed by atoms with Crippen LogP contribution in [0.25, 0.3) is 0 Å². The molecule has 2 amide bonds. The van der Waals surface area contributed by atoms with Gasteiger partial charge in [-0.05, 0) is 25.1 Å². The van der Waals surface area contributed by atoms with E-state index in [1.54, 1.807) is 48.5 Å². The first-order chi connectivity index (χ1) is 12.9. The van der Waals surface area contributed by atoms with Crippen LogP contribution in [-0.4, -0.2) is 23.5 Å². The number of imide groups is 1. The molecule has 27 heavy (non-hydrogen) atoms. The van der Waals surface area contributed by atoms with Crippen molar-refractivity contribution in [2.45, 2.75) is 19.1 Å². The zero-order valence-corrected chi connectivity index (χ0v) is 15.1. The molecule has 2 atom stereocenters. The Morgan fingerprint density at radius 3 is 2.48 bits per heavy atom. The van der Waals surface area contributed by atoms with Gasteiger partial charge in [-0.3, -0.25) is 14.5 Å². The monoisotopic (exact) mass is 382 g/mol. The van der Waals surface area contributed by atoms with E-state index < -0.39 is 29.4 Å². The van der Waals surface area contributed by atoms with E-state index >= 15 is 0 Å². The molecule has 1 fully saturated rings. The molecule has 4 rings (SSSR count). The van der Waals surface area contributed by atoms with Gasteiger partial charge in [-0.1, -0.05) is 48.0 Å². The van der Waals surface area contributed by atoms with Gasteiger partial charge in [0.25, 0.3) is 0 Å². The Labute approximate surface area is 160 Å². The van der Waals surface area contributed by atoms with E-state index in [0.29, 0.717) is 16.3 Å². The van der Waals surface area contributed by atoms with Crippen LogP contribution in [0.1, 0.15) is 18.9 Å². The van der Waals surface area contributed by atoms with Gasteiger partial charge in [0.1, 0.15) is 11.6 Å². The molecule has 2 aliphatic heterocycles. The quantitative estimate of drug-likeness (QED) is 0.603. The summed E-state index contributed by atoms with van der Waals surface area (Å²) in [5.41, 5.74) is -0.439. The molecule has 2 aromatic rings. The lowest BCUT2D eigenvalue weighted by molar-refractivity contribution is -0.156. The van der Waals surface area contributed by atoms with Gasteiger partial charge in [0.2, 0.25) is 17.5 Å². The number of amides is 2. The summed E-state index contributed by atoms with van der Waals surface area (Å²) in [4.78, 5) is 43.5. The number of hydrogen-bond donors (Lipinski definition) is 0. The summed E-state index contributed by atoms with van der Waals surface area (Å²) < 4.78 is 5.59. The van der Waals surface area contributed by atoms with Crippen LogP contribution in [0, 0.1) is 5.92 Å². The average molecular weight is 383 g/mol. The first kappa shape index (κ1) is 17.4. The summed E-state index contributed by atoms with van der Waals surface area (Å²) in [6.07, 6.45) is -0.121. The van der Waals surface area contributed by atoms with Crippen molar-refractivity contribution in [3.63, 3.8) is 0 Å². The standard InChI is InChI=1S/C20H15ClN2O4/c1-12-19(26)27-20(22-12,13-6-3-2-4-7-13)16-11-17(24)23(18(16)25)15-9-5-8-14(21)10-15/h2-10,16H,11H2,1H3/t16-,20-/m0/s1. The number of carbonyl (C=O) groups excluding carboxylic acids is 3. The van der Waals surface area contributed by atoms with E-state index in [9.17, 15) is 14.4 Å². The first-order valence-corrected chi connectivity index (χ1v) is 8.78. The summed E-state index contributed by atoms with van der Waals surface area (Å²) in [5.74, 6) is -2.41. The summed E-state index contributed by atoms with van der Waals surface area (Å²) in [6.45, 7) is 1.53. The van der Waals surface area contributed by atoms with Crippen LogP contribution in [0.15, 0.2) is 59.6 Å². The van der Waals surface area contributed by atoms with E-state index in [-0.39, 0.29) is 12.1 Å². The number of esters is 1. The molecule has 1 saturated heterocycles. The van der Waals surface area contributed by atoms with Crippen molar-refractivity contribution in [2.75, 3.05) is 4.90 Å². The molecule has 0 unspecified atom stereocenters. The molecule has 0 aromatic heterocycles. The van der Waals surface area contributed by atoms with Gasteiger partial charge in [-0.15, -0.1) is 0 Å². The zero-order chi connectivity index (χ0) is 19.2. The molecule has 0 saturated carbocycles. The zero-order valence-electron chi connectivity index (χ0n) is 14.4. The van der Waals surface area contributed by atoms with Gasteiger partial charge in [-0.25, -0.2) is 9.79 Å². The number of hydrogen-bond acceptors (Lipinski definition) is 5. The number of anilines is 1. The third-order valence-electron chi connectivity index (χ3n) is 4.75. The molecule has 0 N–H and O–H groups in total. The minimum absolute atomic E-state index is 0.121. The molecule has 7 heteroatoms. The second-order valence-corrected chi connectivity index (χ2v) is 6.89. The van der Waals surface area contributed by atoms with Crippen LogP contribution < -0.4 is 4.90 Å². The lowest BCUT2D eigenvalue weighted by Crippen LogP contribution is -2.40. The van der Waals surface area contributed by atoms with Crippen molar-refractivity contribution < 1.29 is 19.1 Å². The van der Waals surface area contributed by atoms with Crippen molar-refractivity contribution in [3.8, 4) is 0 Å². The van der Waals surface area contributed by atoms with Gasteiger partial charge in [0.05, 0.1) is 5.69 Å². The maximum absolute atomic E-state index is 13.2. The number of rotatable bonds is 3. The SMILES string of the molecule is CC1=N[C@](c2ccccc2)([C@H]2CC(=O)N(c3cccc(Cl)c3)C2=O)OC1=O. The lowest BCUT2D eigenvalue weighted by atomic mass is 9.87. The third kappa shape index (κ3) is 2.73. The Kier molecular flexibility index (Phi) is 4.08. The van der Waals surface area contributed by atoms with Crippen LogP contribution in [0.2, 0.25) is 5.02 Å². The summed E-state index contributed by atoms with van der Waals surface area (Å²) in [7, 11) is 0. The molecule has 2 heterocycles. The highest BCUT2D eigenvalue weighted by Gasteiger charge is 2.57. The summed E-state index contributed by atoms with van der Waals surface area (Å²) >= 11 is 6.00. The van der Waals surface area contributed by atoms with Gasteiger partial charge in [0.15, 0.2) is 0 Å². The summed E-state index contributed by atoms with van der Waals surface area (Å²) in [6, 6.07) is 15.3. The molecule has 2 aromatic carbocycles. The number of aliphatic imine (C=N–C) groups is 1. The maximum Gasteiger partial charge on any atom is 0.354 e. The number of benzene rings is 2. The van der Waals surface area contributed by atoms with Gasteiger partial charge in [-0.2, -0.15) is 0 Å². The molecule has 6 nitrogen and oxygen atoms in total. The maximum atomic E-state index is 13.2. The molecule has 2 aliphatic rings. The fraction of sp³-hybridized carbons (Fsp3) is 0.200. The Morgan fingerprint density at radius 2 is 1.85 bits per heavy atom. The second-order valence-electron chi connectivity index (χ2n) is 6.45. The largest absolute Gasteiger partial charge is 0.427 e. The number of cyclic esters (lactones) is 1. The van der Waals surface area contributed by atoms with Crippen LogP contribution >= 0.6 is 11.6 Å². The van der Waals surface area contributed by atoms with E-state index in [0.717, 1.165) is 4.90 Å². The normalized spacial score (nSPS) is 25.0. The molecular formula is C20H15ClN2O4. The molecule has 136 valence electrons. The van der Waals surface area contributed by atoms with E-state index in [2.05, 4.69) is 4.99 Å². The molecule has 0 spiro atoms. The number of halogens is 1. The van der Waals surface area contributed by atoms with Crippen molar-refractivity contribution in [1.29, 1.82) is 0 Å². The highest BCUT2D eigenvalue weighted by molar-refractivity contribution is 6.37. The Morgan fingerprint density at radius 1 is 1.11 bits per heavy atom. The predicted octanol–water partition coefficient (Wildman–Crippen LogP) is 3.09. The van der Waals surface area contributed by atoms with Crippen LogP contribution in [0.3, 0.4) is 0 Å². The Bertz CT molecular complexity index is 988. The van der Waals surface area contributed by atoms with Crippen molar-refractivity contribution >= 4 is 40.8 Å². The van der Waals surface area contributed by atoms with E-state index in [1.165, 1.54) is 6.92 Å². The number of carbonyl (C=O) groups is 3. The minimum atomic E-state index is -1.54.